The lowest BCUT2D eigenvalue weighted by atomic mass is 10.2. The van der Waals surface area contributed by atoms with Gasteiger partial charge in [0.15, 0.2) is 22.4 Å². The average Bonchev–Trinajstić information content (AvgIpc) is 2.80. The van der Waals surface area contributed by atoms with Crippen LogP contribution in [0.25, 0.3) is 0 Å². The first kappa shape index (κ1) is 35.0. The molecule has 0 saturated heterocycles. The highest BCUT2D eigenvalue weighted by molar-refractivity contribution is 8.02. The smallest absolute Gasteiger partial charge is 0.497 e. The maximum Gasteiger partial charge on any atom is 0.540 e. The van der Waals surface area contributed by atoms with Crippen LogP contribution in [0.2, 0.25) is 58.9 Å². The lowest BCUT2D eigenvalue weighted by Gasteiger charge is -2.44. The van der Waals surface area contributed by atoms with E-state index in [0.717, 1.165) is 16.9 Å². The van der Waals surface area contributed by atoms with E-state index in [1.54, 1.807) is 25.2 Å². The quantitative estimate of drug-likeness (QED) is 0.0867. The summed E-state index contributed by atoms with van der Waals surface area (Å²) in [6.45, 7) is 19.0. The first-order chi connectivity index (χ1) is 18.2. The highest BCUT2D eigenvalue weighted by Crippen LogP contribution is 2.65. The third-order valence-electron chi connectivity index (χ3n) is 5.61. The minimum Gasteiger partial charge on any atom is -0.497 e. The van der Waals surface area contributed by atoms with Crippen LogP contribution in [0.3, 0.4) is 0 Å². The van der Waals surface area contributed by atoms with Crippen molar-refractivity contribution in [3.8, 4) is 11.5 Å². The molecule has 0 bridgehead atoms. The van der Waals surface area contributed by atoms with Gasteiger partial charge in [-0.2, -0.15) is 0 Å². The molecule has 0 heterocycles. The summed E-state index contributed by atoms with van der Waals surface area (Å²) in [5.41, 5.74) is 1.80. The zero-order valence-electron chi connectivity index (χ0n) is 26.0. The molecular weight excluding hydrogens is 613 g/mol. The van der Waals surface area contributed by atoms with Crippen molar-refractivity contribution in [2.45, 2.75) is 64.7 Å². The van der Waals surface area contributed by atoms with E-state index < -0.39 is 45.3 Å². The van der Waals surface area contributed by atoms with Crippen LogP contribution in [0, 0.1) is 0 Å². The standard InChI is InChI=1S/C26H46N3O5P2SSi3/c1-28(38(4,5)6)26(36(30,33-39(7,8)9)34-40(10,11)12)23-15-19-25(20-16-23)32-35(37)29(2)27-21-22-13-17-24(31-3)18-14-22/h13-21,26H,1-12H3/q+1/b27-21-. The van der Waals surface area contributed by atoms with Crippen LogP contribution in [0.15, 0.2) is 53.6 Å². The van der Waals surface area contributed by atoms with Gasteiger partial charge in [-0.3, -0.25) is 9.09 Å². The molecule has 0 aliphatic heterocycles. The van der Waals surface area contributed by atoms with Gasteiger partial charge < -0.3 is 17.7 Å². The Balaban J connectivity index is 2.33. The molecular formula is C26H46N3O5P2SSi3+. The molecule has 2 aromatic rings. The van der Waals surface area contributed by atoms with Gasteiger partial charge in [-0.1, -0.05) is 36.6 Å². The molecule has 0 aliphatic carbocycles. The molecule has 0 radical (unpaired) electrons. The zero-order valence-corrected chi connectivity index (χ0v) is 31.6. The minimum atomic E-state index is -3.56. The van der Waals surface area contributed by atoms with Crippen LogP contribution < -0.4 is 9.26 Å². The molecule has 14 heteroatoms. The van der Waals surface area contributed by atoms with Crippen LogP contribution in [0.1, 0.15) is 16.9 Å². The molecule has 0 aromatic heterocycles. The number of nitrogens with zero attached hydrogens (tertiary/aromatic N) is 3. The molecule has 8 nitrogen and oxygen atoms in total. The predicted molar refractivity (Wildman–Crippen MR) is 180 cm³/mol. The Bertz CT molecular complexity index is 1190. The Morgan fingerprint density at radius 1 is 0.850 bits per heavy atom. The second kappa shape index (κ2) is 13.8. The van der Waals surface area contributed by atoms with Gasteiger partial charge >= 0.3 is 14.7 Å². The van der Waals surface area contributed by atoms with E-state index in [-0.39, 0.29) is 0 Å². The van der Waals surface area contributed by atoms with Crippen molar-refractivity contribution in [1.29, 1.82) is 0 Å². The molecule has 0 N–H and O–H groups in total. The number of methoxy groups -OCH3 is 1. The number of benzene rings is 2. The maximum absolute atomic E-state index is 14.7. The second-order valence-corrected chi connectivity index (χ2v) is 31.2. The summed E-state index contributed by atoms with van der Waals surface area (Å²) in [5, 5.41) is 4.45. The van der Waals surface area contributed by atoms with Crippen molar-refractivity contribution < 1.29 is 22.3 Å². The zero-order chi connectivity index (χ0) is 30.5. The van der Waals surface area contributed by atoms with Gasteiger partial charge in [0.05, 0.1) is 20.4 Å². The van der Waals surface area contributed by atoms with Crippen LogP contribution in [0.4, 0.5) is 0 Å². The molecule has 2 atom stereocenters. The summed E-state index contributed by atoms with van der Waals surface area (Å²) in [7, 11) is -5.87. The molecule has 2 aromatic carbocycles. The second-order valence-electron chi connectivity index (χ2n) is 12.5. The highest BCUT2D eigenvalue weighted by atomic mass is 32.4. The Morgan fingerprint density at radius 3 is 1.75 bits per heavy atom. The lowest BCUT2D eigenvalue weighted by Crippen LogP contribution is -2.47. The number of rotatable bonds is 14. The van der Waals surface area contributed by atoms with Gasteiger partial charge in [0, 0.05) is 0 Å². The van der Waals surface area contributed by atoms with Crippen LogP contribution in [-0.2, 0) is 24.8 Å². The first-order valence-corrected chi connectivity index (χ1v) is 27.3. The van der Waals surface area contributed by atoms with E-state index in [1.807, 2.05) is 55.6 Å². The Labute approximate surface area is 250 Å². The van der Waals surface area contributed by atoms with Crippen molar-refractivity contribution in [1.82, 2.24) is 9.34 Å². The van der Waals surface area contributed by atoms with Gasteiger partial charge in [0.25, 0.3) is 0 Å². The van der Waals surface area contributed by atoms with Crippen molar-refractivity contribution >= 4 is 57.6 Å². The highest BCUT2D eigenvalue weighted by Gasteiger charge is 2.48. The minimum absolute atomic E-state index is 0.520. The van der Waals surface area contributed by atoms with E-state index in [2.05, 4.69) is 68.6 Å². The van der Waals surface area contributed by atoms with E-state index in [9.17, 15) is 4.57 Å². The van der Waals surface area contributed by atoms with Crippen LogP contribution in [0.5, 0.6) is 11.5 Å². The van der Waals surface area contributed by atoms with Gasteiger partial charge in [-0.15, -0.1) is 5.10 Å². The van der Waals surface area contributed by atoms with Crippen molar-refractivity contribution in [3.63, 3.8) is 0 Å². The third kappa shape index (κ3) is 10.9. The van der Waals surface area contributed by atoms with Crippen molar-refractivity contribution in [2.75, 3.05) is 21.2 Å². The van der Waals surface area contributed by atoms with E-state index in [0.29, 0.717) is 5.75 Å². The van der Waals surface area contributed by atoms with Crippen molar-refractivity contribution in [3.05, 3.63) is 59.7 Å². The largest absolute Gasteiger partial charge is 0.540 e. The Hall–Kier alpha value is -1.21. The summed E-state index contributed by atoms with van der Waals surface area (Å²) < 4.78 is 42.8. The normalized spacial score (nSPS) is 14.4. The SMILES string of the molecule is COc1ccc(/C=N\N(C)[P+](=S)Oc2ccc(C(N(C)[Si](C)(C)C)P(=O)(O[Si](C)(C)C)O[Si](C)(C)C)cc2)cc1. The fraction of sp³-hybridized carbons (Fsp3) is 0.500. The molecule has 2 rings (SSSR count). The van der Waals surface area contributed by atoms with Gasteiger partial charge in [0.2, 0.25) is 11.8 Å². The molecule has 0 saturated carbocycles. The molecule has 40 heavy (non-hydrogen) atoms. The maximum atomic E-state index is 14.7. The summed E-state index contributed by atoms with van der Waals surface area (Å²) in [6, 6.07) is 15.2. The lowest BCUT2D eigenvalue weighted by molar-refractivity contribution is 0.326. The fourth-order valence-corrected chi connectivity index (χ4v) is 15.2. The van der Waals surface area contributed by atoms with Gasteiger partial charge in [0.1, 0.15) is 19.8 Å². The number of hydrogen-bond donors (Lipinski definition) is 0. The van der Waals surface area contributed by atoms with E-state index >= 15 is 0 Å². The third-order valence-corrected chi connectivity index (χ3v) is 17.7. The van der Waals surface area contributed by atoms with Gasteiger partial charge in [-0.25, -0.2) is 0 Å². The van der Waals surface area contributed by atoms with Crippen LogP contribution in [-0.4, -0.2) is 61.6 Å². The molecule has 0 spiro atoms. The van der Waals surface area contributed by atoms with E-state index in [4.69, 9.17) is 29.5 Å². The van der Waals surface area contributed by atoms with E-state index in [1.165, 1.54) is 0 Å². The molecule has 0 fully saturated rings. The number of hydrogen-bond acceptors (Lipinski definition) is 8. The van der Waals surface area contributed by atoms with Crippen LogP contribution >= 0.6 is 14.7 Å². The fourth-order valence-electron chi connectivity index (χ4n) is 3.60. The topological polar surface area (TPSA) is 72.8 Å². The first-order valence-electron chi connectivity index (χ1n) is 13.2. The van der Waals surface area contributed by atoms with Crippen molar-refractivity contribution in [2.24, 2.45) is 5.10 Å². The molecule has 2 unspecified atom stereocenters. The Morgan fingerprint density at radius 2 is 1.32 bits per heavy atom. The summed E-state index contributed by atoms with van der Waals surface area (Å²) >= 11 is 5.61. The molecule has 222 valence electrons. The van der Waals surface area contributed by atoms with Gasteiger partial charge in [-0.05, 0) is 93.9 Å². The summed E-state index contributed by atoms with van der Waals surface area (Å²) in [6.07, 6.45) is 1.74. The average molecular weight is 659 g/mol. The molecule has 0 amide bonds. The Kier molecular flexibility index (Phi) is 12.1. The summed E-state index contributed by atoms with van der Waals surface area (Å²) in [5.74, 6) is 0.891. The molecule has 0 aliphatic rings. The summed E-state index contributed by atoms with van der Waals surface area (Å²) in [4.78, 5) is 0. The number of ether oxygens (including phenoxy) is 1. The monoisotopic (exact) mass is 658 g/mol. The number of hydrazone groups is 1. The predicted octanol–water partition coefficient (Wildman–Crippen LogP) is 8.48.